The number of carbonyl (C=O) groups excluding carboxylic acids is 5. The smallest absolute Gasteiger partial charge is 0.316 e. The van der Waals surface area contributed by atoms with E-state index in [2.05, 4.69) is 35.1 Å². The zero-order chi connectivity index (χ0) is 36.8. The molecule has 3 aliphatic rings. The lowest BCUT2D eigenvalue weighted by Gasteiger charge is -2.40. The molecule has 50 heavy (non-hydrogen) atoms. The van der Waals surface area contributed by atoms with E-state index in [0.717, 1.165) is 37.7 Å². The van der Waals surface area contributed by atoms with Gasteiger partial charge in [0.1, 0.15) is 23.6 Å². The minimum absolute atomic E-state index is 0.0588. The molecule has 5 amide bonds. The zero-order valence-corrected chi connectivity index (χ0v) is 30.6. The molecule has 1 aromatic carbocycles. The molecule has 1 saturated heterocycles. The van der Waals surface area contributed by atoms with Crippen LogP contribution in [0.25, 0.3) is 0 Å². The van der Waals surface area contributed by atoms with Crippen molar-refractivity contribution >= 4 is 29.5 Å². The van der Waals surface area contributed by atoms with E-state index in [1.807, 2.05) is 45.0 Å². The standard InChI is InChI=1S/C37H58N6O7/c1-22(2)25-19-28(32(46)40-27(18-23-10-11-23)29(44)31(38)45)43(21-25)33(47)30(36(3,4)5)41-35(49)42-37(16-8-7-9-17-37)34(48)39-20-24-12-14-26(50-6)15-13-24/h12-15,22-23,25,27-28,30,32,40,46H,7-11,16-21H2,1-6H3,(H2,38,45)(H,39,48)(H2,41,42,49)/t25-,27?,28+,30-,32?/m1/s1. The van der Waals surface area contributed by atoms with Crippen LogP contribution >= 0.6 is 0 Å². The molecule has 13 heteroatoms. The number of nitrogens with one attached hydrogen (secondary N) is 4. The summed E-state index contributed by atoms with van der Waals surface area (Å²) in [5.41, 5.74) is 4.35. The predicted octanol–water partition coefficient (Wildman–Crippen LogP) is 2.73. The van der Waals surface area contributed by atoms with E-state index in [-0.39, 0.29) is 36.1 Å². The van der Waals surface area contributed by atoms with Crippen LogP contribution in [0.5, 0.6) is 5.75 Å². The van der Waals surface area contributed by atoms with Gasteiger partial charge in [0.15, 0.2) is 0 Å². The Labute approximate surface area is 296 Å². The van der Waals surface area contributed by atoms with Gasteiger partial charge in [-0.2, -0.15) is 0 Å². The lowest BCUT2D eigenvalue weighted by molar-refractivity contribution is -0.141. The van der Waals surface area contributed by atoms with Gasteiger partial charge in [-0.25, -0.2) is 4.79 Å². The monoisotopic (exact) mass is 698 g/mol. The van der Waals surface area contributed by atoms with Crippen LogP contribution in [0.1, 0.15) is 98.0 Å². The molecule has 2 aliphatic carbocycles. The van der Waals surface area contributed by atoms with Crippen molar-refractivity contribution in [1.82, 2.24) is 26.2 Å². The van der Waals surface area contributed by atoms with Crippen molar-refractivity contribution < 1.29 is 33.8 Å². The molecular weight excluding hydrogens is 640 g/mol. The maximum atomic E-state index is 14.5. The fourth-order valence-corrected chi connectivity index (χ4v) is 7.22. The number of benzene rings is 1. The van der Waals surface area contributed by atoms with E-state index in [1.165, 1.54) is 0 Å². The van der Waals surface area contributed by atoms with Crippen molar-refractivity contribution in [3.05, 3.63) is 29.8 Å². The summed E-state index contributed by atoms with van der Waals surface area (Å²) in [4.78, 5) is 68.0. The molecule has 3 fully saturated rings. The summed E-state index contributed by atoms with van der Waals surface area (Å²) < 4.78 is 5.22. The summed E-state index contributed by atoms with van der Waals surface area (Å²) in [7, 11) is 1.59. The summed E-state index contributed by atoms with van der Waals surface area (Å²) in [5, 5.41) is 23.3. The number of nitrogens with zero attached hydrogens (tertiary/aromatic N) is 1. The second kappa shape index (κ2) is 16.5. The number of aliphatic hydroxyl groups excluding tert-OH is 1. The van der Waals surface area contributed by atoms with Crippen LogP contribution in [-0.4, -0.2) is 83.1 Å². The molecular formula is C37H58N6O7. The summed E-state index contributed by atoms with van der Waals surface area (Å²) in [6.45, 7) is 10.3. The number of amides is 5. The number of methoxy groups -OCH3 is 1. The second-order valence-electron chi connectivity index (χ2n) is 15.9. The Hall–Kier alpha value is -3.71. The van der Waals surface area contributed by atoms with Crippen LogP contribution in [0.2, 0.25) is 0 Å². The summed E-state index contributed by atoms with van der Waals surface area (Å²) in [6.07, 6.45) is 4.87. The number of nitrogens with two attached hydrogens (primary N) is 1. The van der Waals surface area contributed by atoms with Crippen molar-refractivity contribution in [2.24, 2.45) is 28.9 Å². The average molecular weight is 699 g/mol. The third-order valence-corrected chi connectivity index (χ3v) is 10.7. The van der Waals surface area contributed by atoms with Gasteiger partial charge in [-0.3, -0.25) is 24.5 Å². The molecule has 0 bridgehead atoms. The van der Waals surface area contributed by atoms with Crippen LogP contribution in [0, 0.1) is 23.2 Å². The molecule has 1 aliphatic heterocycles. The van der Waals surface area contributed by atoms with E-state index in [1.54, 1.807) is 12.0 Å². The molecule has 2 saturated carbocycles. The molecule has 4 rings (SSSR count). The third-order valence-electron chi connectivity index (χ3n) is 10.7. The summed E-state index contributed by atoms with van der Waals surface area (Å²) in [5.74, 6) is -1.26. The van der Waals surface area contributed by atoms with Crippen LogP contribution in [0.3, 0.4) is 0 Å². The topological polar surface area (TPSA) is 192 Å². The second-order valence-corrected chi connectivity index (χ2v) is 15.9. The van der Waals surface area contributed by atoms with E-state index >= 15 is 0 Å². The van der Waals surface area contributed by atoms with E-state index in [9.17, 15) is 29.1 Å². The number of Topliss-reactive ketones (excluding diaryl/α,β-unsaturated/α-hetero) is 1. The minimum Gasteiger partial charge on any atom is -0.497 e. The Morgan fingerprint density at radius 2 is 1.68 bits per heavy atom. The van der Waals surface area contributed by atoms with Crippen LogP contribution in [0.15, 0.2) is 24.3 Å². The van der Waals surface area contributed by atoms with Crippen molar-refractivity contribution in [3.8, 4) is 5.75 Å². The lowest BCUT2D eigenvalue weighted by atomic mass is 9.80. The highest BCUT2D eigenvalue weighted by molar-refractivity contribution is 6.37. The van der Waals surface area contributed by atoms with E-state index in [4.69, 9.17) is 10.5 Å². The molecule has 2 unspecified atom stereocenters. The first kappa shape index (κ1) is 39.1. The fourth-order valence-electron chi connectivity index (χ4n) is 7.22. The minimum atomic E-state index is -1.30. The Bertz CT molecular complexity index is 1370. The van der Waals surface area contributed by atoms with E-state index < -0.39 is 53.0 Å². The van der Waals surface area contributed by atoms with Gasteiger partial charge >= 0.3 is 6.03 Å². The van der Waals surface area contributed by atoms with Gasteiger partial charge in [-0.1, -0.05) is 78.9 Å². The predicted molar refractivity (Wildman–Crippen MR) is 188 cm³/mol. The first-order valence-corrected chi connectivity index (χ1v) is 18.1. The van der Waals surface area contributed by atoms with Crippen molar-refractivity contribution in [2.45, 2.75) is 129 Å². The number of ketones is 1. The van der Waals surface area contributed by atoms with Gasteiger partial charge in [0, 0.05) is 13.1 Å². The molecule has 278 valence electrons. The Morgan fingerprint density at radius 3 is 2.22 bits per heavy atom. The molecule has 5 atom stereocenters. The molecule has 13 nitrogen and oxygen atoms in total. The van der Waals surface area contributed by atoms with Crippen molar-refractivity contribution in [3.63, 3.8) is 0 Å². The first-order valence-electron chi connectivity index (χ1n) is 18.1. The van der Waals surface area contributed by atoms with Crippen LogP contribution in [-0.2, 0) is 25.7 Å². The highest BCUT2D eigenvalue weighted by atomic mass is 16.5. The third kappa shape index (κ3) is 9.96. The molecule has 1 heterocycles. The average Bonchev–Trinajstić information content (AvgIpc) is 3.77. The summed E-state index contributed by atoms with van der Waals surface area (Å²) >= 11 is 0. The van der Waals surface area contributed by atoms with Crippen LogP contribution in [0.4, 0.5) is 4.79 Å². The molecule has 0 spiro atoms. The summed E-state index contributed by atoms with van der Waals surface area (Å²) in [6, 6.07) is 4.11. The van der Waals surface area contributed by atoms with E-state index in [0.29, 0.717) is 38.0 Å². The van der Waals surface area contributed by atoms with Gasteiger partial charge in [-0.05, 0) is 66.5 Å². The van der Waals surface area contributed by atoms with Gasteiger partial charge in [-0.15, -0.1) is 0 Å². The molecule has 0 aromatic heterocycles. The number of ether oxygens (including phenoxy) is 1. The number of hydrogen-bond donors (Lipinski definition) is 6. The molecule has 1 aromatic rings. The Morgan fingerprint density at radius 1 is 1.04 bits per heavy atom. The normalized spacial score (nSPS) is 22.3. The highest BCUT2D eigenvalue weighted by Gasteiger charge is 2.47. The largest absolute Gasteiger partial charge is 0.497 e. The fraction of sp³-hybridized carbons (Fsp3) is 0.703. The molecule has 0 radical (unpaired) electrons. The number of rotatable bonds is 15. The first-order chi connectivity index (χ1) is 23.5. The number of likely N-dealkylation sites (tertiary alicyclic amines) is 1. The number of aliphatic hydroxyl groups is 1. The maximum Gasteiger partial charge on any atom is 0.316 e. The Kier molecular flexibility index (Phi) is 12.9. The van der Waals surface area contributed by atoms with Gasteiger partial charge < -0.3 is 36.4 Å². The highest BCUT2D eigenvalue weighted by Crippen LogP contribution is 2.36. The maximum absolute atomic E-state index is 14.5. The SMILES string of the molecule is COc1ccc(CNC(=O)C2(NC(=O)N[C@H](C(=O)N3C[C@H](C(C)C)C[C@H]3C(O)NC(CC3CC3)C(=O)C(N)=O)C(C)(C)C)CCCCC2)cc1. The zero-order valence-electron chi connectivity index (χ0n) is 30.6. The van der Waals surface area contributed by atoms with Crippen molar-refractivity contribution in [2.75, 3.05) is 13.7 Å². The number of urea groups is 1. The van der Waals surface area contributed by atoms with Crippen molar-refractivity contribution in [1.29, 1.82) is 0 Å². The number of hydrogen-bond acceptors (Lipinski definition) is 8. The lowest BCUT2D eigenvalue weighted by Crippen LogP contribution is -2.65. The number of carbonyl (C=O) groups is 5. The van der Waals surface area contributed by atoms with Crippen LogP contribution < -0.4 is 31.7 Å². The number of primary amides is 1. The Balaban J connectivity index is 1.50. The van der Waals surface area contributed by atoms with Gasteiger partial charge in [0.05, 0.1) is 19.2 Å². The quantitative estimate of drug-likeness (QED) is 0.119. The molecule has 7 N–H and O–H groups in total. The van der Waals surface area contributed by atoms with Gasteiger partial charge in [0.2, 0.25) is 17.6 Å². The van der Waals surface area contributed by atoms with Gasteiger partial charge in [0.25, 0.3) is 5.91 Å².